The summed E-state index contributed by atoms with van der Waals surface area (Å²) in [5.74, 6) is 0. The molecular weight excluding hydrogens is 183 g/mol. The average molecular weight is 196 g/mol. The first-order valence-corrected chi connectivity index (χ1v) is 5.42. The standard InChI is InChI=1S/C6H13O5P/c7-12(8,9)11-5-6-3-1-2-4-10-6/h6H,1-5H2,(H2,7,8,9). The van der Waals surface area contributed by atoms with Crippen molar-refractivity contribution >= 4 is 7.82 Å². The van der Waals surface area contributed by atoms with Crippen LogP contribution in [0.2, 0.25) is 0 Å². The van der Waals surface area contributed by atoms with E-state index in [1.54, 1.807) is 0 Å². The number of hydrogen-bond acceptors (Lipinski definition) is 3. The zero-order chi connectivity index (χ0) is 9.03. The highest BCUT2D eigenvalue weighted by molar-refractivity contribution is 7.46. The first-order valence-electron chi connectivity index (χ1n) is 3.89. The van der Waals surface area contributed by atoms with Crippen LogP contribution in [-0.2, 0) is 13.8 Å². The molecule has 0 aromatic heterocycles. The Bertz CT molecular complexity index is 171. The van der Waals surface area contributed by atoms with Gasteiger partial charge in [0.1, 0.15) is 0 Å². The highest BCUT2D eigenvalue weighted by Gasteiger charge is 2.20. The molecule has 5 nitrogen and oxygen atoms in total. The van der Waals surface area contributed by atoms with Gasteiger partial charge >= 0.3 is 7.82 Å². The second-order valence-electron chi connectivity index (χ2n) is 2.77. The van der Waals surface area contributed by atoms with Crippen molar-refractivity contribution in [3.63, 3.8) is 0 Å². The topological polar surface area (TPSA) is 76.0 Å². The predicted molar refractivity (Wildman–Crippen MR) is 41.6 cm³/mol. The lowest BCUT2D eigenvalue weighted by atomic mass is 10.1. The maximum absolute atomic E-state index is 10.3. The van der Waals surface area contributed by atoms with Crippen molar-refractivity contribution in [1.82, 2.24) is 0 Å². The molecule has 72 valence electrons. The van der Waals surface area contributed by atoms with Gasteiger partial charge in [0.25, 0.3) is 0 Å². The van der Waals surface area contributed by atoms with Crippen LogP contribution in [0.3, 0.4) is 0 Å². The minimum atomic E-state index is -4.31. The Labute approximate surface area is 70.9 Å². The van der Waals surface area contributed by atoms with Gasteiger partial charge in [0.05, 0.1) is 12.7 Å². The van der Waals surface area contributed by atoms with Crippen molar-refractivity contribution in [3.8, 4) is 0 Å². The summed E-state index contributed by atoms with van der Waals surface area (Å²) in [5, 5.41) is 0. The molecule has 1 atom stereocenters. The lowest BCUT2D eigenvalue weighted by Gasteiger charge is -2.22. The summed E-state index contributed by atoms with van der Waals surface area (Å²) in [7, 11) is -4.31. The van der Waals surface area contributed by atoms with Crippen molar-refractivity contribution in [3.05, 3.63) is 0 Å². The number of rotatable bonds is 3. The Morgan fingerprint density at radius 2 is 2.25 bits per heavy atom. The van der Waals surface area contributed by atoms with Crippen LogP contribution in [0.15, 0.2) is 0 Å². The maximum atomic E-state index is 10.3. The van der Waals surface area contributed by atoms with Crippen molar-refractivity contribution in [1.29, 1.82) is 0 Å². The molecule has 2 N–H and O–H groups in total. The molecule has 1 fully saturated rings. The van der Waals surface area contributed by atoms with E-state index < -0.39 is 7.82 Å². The van der Waals surface area contributed by atoms with Crippen molar-refractivity contribution < 1.29 is 23.6 Å². The molecule has 0 saturated carbocycles. The van der Waals surface area contributed by atoms with Gasteiger partial charge in [-0.2, -0.15) is 0 Å². The Balaban J connectivity index is 2.17. The van der Waals surface area contributed by atoms with Gasteiger partial charge in [-0.25, -0.2) is 4.57 Å². The largest absolute Gasteiger partial charge is 0.469 e. The van der Waals surface area contributed by atoms with Crippen LogP contribution >= 0.6 is 7.82 Å². The quantitative estimate of drug-likeness (QED) is 0.648. The molecule has 0 bridgehead atoms. The van der Waals surface area contributed by atoms with E-state index in [1.165, 1.54) is 0 Å². The summed E-state index contributed by atoms with van der Waals surface area (Å²) in [6.45, 7) is 0.652. The second kappa shape index (κ2) is 4.35. The van der Waals surface area contributed by atoms with E-state index in [4.69, 9.17) is 14.5 Å². The van der Waals surface area contributed by atoms with E-state index in [-0.39, 0.29) is 12.7 Å². The van der Waals surface area contributed by atoms with Gasteiger partial charge in [0, 0.05) is 6.61 Å². The van der Waals surface area contributed by atoms with Crippen molar-refractivity contribution in [2.45, 2.75) is 25.4 Å². The molecule has 0 aromatic rings. The molecule has 1 aliphatic heterocycles. The third-order valence-electron chi connectivity index (χ3n) is 1.70. The maximum Gasteiger partial charge on any atom is 0.469 e. The minimum Gasteiger partial charge on any atom is -0.376 e. The minimum absolute atomic E-state index is 0.00965. The molecule has 1 aliphatic rings. The fourth-order valence-electron chi connectivity index (χ4n) is 1.12. The summed E-state index contributed by atoms with van der Waals surface area (Å²) in [5.41, 5.74) is 0. The molecule has 6 heteroatoms. The smallest absolute Gasteiger partial charge is 0.376 e. The van der Waals surface area contributed by atoms with E-state index in [1.807, 2.05) is 0 Å². The molecule has 0 radical (unpaired) electrons. The van der Waals surface area contributed by atoms with E-state index in [0.29, 0.717) is 6.61 Å². The number of phosphoric ester groups is 1. The number of hydrogen-bond donors (Lipinski definition) is 2. The molecule has 1 saturated heterocycles. The Morgan fingerprint density at radius 3 is 2.75 bits per heavy atom. The first-order chi connectivity index (χ1) is 5.58. The zero-order valence-electron chi connectivity index (χ0n) is 6.68. The van der Waals surface area contributed by atoms with Crippen molar-refractivity contribution in [2.24, 2.45) is 0 Å². The molecule has 0 aliphatic carbocycles. The Hall–Kier alpha value is 0.0700. The molecule has 1 heterocycles. The van der Waals surface area contributed by atoms with Crippen LogP contribution in [0.25, 0.3) is 0 Å². The summed E-state index contributed by atoms with van der Waals surface area (Å²) in [6, 6.07) is 0. The van der Waals surface area contributed by atoms with Crippen LogP contribution < -0.4 is 0 Å². The molecule has 1 unspecified atom stereocenters. The van der Waals surface area contributed by atoms with E-state index in [0.717, 1.165) is 19.3 Å². The summed E-state index contributed by atoms with van der Waals surface area (Å²) >= 11 is 0. The monoisotopic (exact) mass is 196 g/mol. The molecule has 0 aromatic carbocycles. The van der Waals surface area contributed by atoms with Gasteiger partial charge in [-0.05, 0) is 19.3 Å². The van der Waals surface area contributed by atoms with Gasteiger partial charge in [-0.1, -0.05) is 0 Å². The van der Waals surface area contributed by atoms with Gasteiger partial charge in [0.15, 0.2) is 0 Å². The lowest BCUT2D eigenvalue weighted by molar-refractivity contribution is -0.0170. The van der Waals surface area contributed by atoms with Gasteiger partial charge in [-0.15, -0.1) is 0 Å². The van der Waals surface area contributed by atoms with E-state index in [9.17, 15) is 4.57 Å². The van der Waals surface area contributed by atoms with Gasteiger partial charge < -0.3 is 14.5 Å². The molecule has 0 amide bonds. The molecule has 1 rings (SSSR count). The van der Waals surface area contributed by atoms with E-state index in [2.05, 4.69) is 4.52 Å². The van der Waals surface area contributed by atoms with Crippen LogP contribution in [0.4, 0.5) is 0 Å². The van der Waals surface area contributed by atoms with Crippen LogP contribution in [0.1, 0.15) is 19.3 Å². The summed E-state index contributed by atoms with van der Waals surface area (Å²) in [6.07, 6.45) is 2.73. The predicted octanol–water partition coefficient (Wildman–Crippen LogP) is 0.665. The fourth-order valence-corrected chi connectivity index (χ4v) is 1.48. The highest BCUT2D eigenvalue weighted by Crippen LogP contribution is 2.36. The Morgan fingerprint density at radius 1 is 1.50 bits per heavy atom. The van der Waals surface area contributed by atoms with Crippen LogP contribution in [-0.4, -0.2) is 29.1 Å². The third kappa shape index (κ3) is 4.18. The normalized spacial score (nSPS) is 25.7. The molecule has 0 spiro atoms. The first kappa shape index (κ1) is 10.2. The molecule has 12 heavy (non-hydrogen) atoms. The summed E-state index contributed by atoms with van der Waals surface area (Å²) < 4.78 is 19.8. The van der Waals surface area contributed by atoms with Gasteiger partial charge in [-0.3, -0.25) is 4.52 Å². The summed E-state index contributed by atoms with van der Waals surface area (Å²) in [4.78, 5) is 16.8. The van der Waals surface area contributed by atoms with Crippen LogP contribution in [0, 0.1) is 0 Å². The SMILES string of the molecule is O=P(O)(O)OCC1CCCCO1. The van der Waals surface area contributed by atoms with Crippen LogP contribution in [0.5, 0.6) is 0 Å². The fraction of sp³-hybridized carbons (Fsp3) is 1.00. The van der Waals surface area contributed by atoms with E-state index >= 15 is 0 Å². The number of phosphoric acid groups is 1. The van der Waals surface area contributed by atoms with Crippen molar-refractivity contribution in [2.75, 3.05) is 13.2 Å². The zero-order valence-corrected chi connectivity index (χ0v) is 7.57. The second-order valence-corrected chi connectivity index (χ2v) is 4.01. The van der Waals surface area contributed by atoms with Gasteiger partial charge in [0.2, 0.25) is 0 Å². The highest BCUT2D eigenvalue weighted by atomic mass is 31.2. The molecular formula is C6H13O5P. The lowest BCUT2D eigenvalue weighted by Crippen LogP contribution is -2.23. The third-order valence-corrected chi connectivity index (χ3v) is 2.19. The number of ether oxygens (including phenoxy) is 1. The average Bonchev–Trinajstić information content (AvgIpc) is 2.02. The Kier molecular flexibility index (Phi) is 3.68.